The average molecular weight is 1300 g/mol. The first-order chi connectivity index (χ1) is 50.6. The predicted octanol–water partition coefficient (Wildman–Crippen LogP) is 26.2. The van der Waals surface area contributed by atoms with Crippen molar-refractivity contribution in [1.82, 2.24) is 18.3 Å². The van der Waals surface area contributed by atoms with Crippen LogP contribution in [-0.2, 0) is 0 Å². The number of aromatic nitrogens is 4. The van der Waals surface area contributed by atoms with Crippen LogP contribution >= 0.6 is 0 Å². The van der Waals surface area contributed by atoms with Gasteiger partial charge in [-0.05, 0) is 165 Å². The largest absolute Gasteiger partial charge is 0.454 e. The molecule has 0 radical (unpaired) electrons. The summed E-state index contributed by atoms with van der Waals surface area (Å²) in [7, 11) is 0. The predicted molar refractivity (Wildman–Crippen MR) is 426 cm³/mol. The lowest BCUT2D eigenvalue weighted by Gasteiger charge is -2.13. The van der Waals surface area contributed by atoms with Crippen molar-refractivity contribution in [2.24, 2.45) is 0 Å². The number of rotatable bonds is 9. The fourth-order valence-electron chi connectivity index (χ4n) is 17.3. The van der Waals surface area contributed by atoms with Crippen molar-refractivity contribution < 1.29 is 8.83 Å². The number of hydrogen-bond donors (Lipinski definition) is 0. The van der Waals surface area contributed by atoms with Gasteiger partial charge in [0.2, 0.25) is 0 Å². The van der Waals surface area contributed by atoms with E-state index in [-0.39, 0.29) is 0 Å². The summed E-state index contributed by atoms with van der Waals surface area (Å²) >= 11 is 0. The van der Waals surface area contributed by atoms with E-state index in [1.807, 2.05) is 0 Å². The van der Waals surface area contributed by atoms with E-state index in [0.717, 1.165) is 139 Å². The lowest BCUT2D eigenvalue weighted by atomic mass is 9.94. The van der Waals surface area contributed by atoms with E-state index >= 15 is 0 Å². The molecule has 6 aromatic heterocycles. The summed E-state index contributed by atoms with van der Waals surface area (Å²) in [6, 6.07) is 128. The molecule has 6 heteroatoms. The van der Waals surface area contributed by atoms with E-state index in [2.05, 4.69) is 370 Å². The molecule has 474 valence electrons. The Hall–Kier alpha value is -13.7. The first-order valence-corrected chi connectivity index (χ1v) is 35.0. The Balaban J connectivity index is 0.681. The maximum atomic E-state index is 7.18. The Kier molecular flexibility index (Phi) is 12.1. The van der Waals surface area contributed by atoms with E-state index in [9.17, 15) is 0 Å². The number of benzene rings is 16. The Morgan fingerprint density at radius 2 is 0.549 bits per heavy atom. The third-order valence-corrected chi connectivity index (χ3v) is 21.6. The molecule has 0 aliphatic heterocycles. The van der Waals surface area contributed by atoms with Gasteiger partial charge >= 0.3 is 0 Å². The summed E-state index contributed by atoms with van der Waals surface area (Å²) in [6.07, 6.45) is 0. The van der Waals surface area contributed by atoms with Crippen LogP contribution in [0.4, 0.5) is 0 Å². The van der Waals surface area contributed by atoms with Gasteiger partial charge in [0.1, 0.15) is 11.2 Å². The Bertz CT molecular complexity index is 7240. The molecule has 102 heavy (non-hydrogen) atoms. The van der Waals surface area contributed by atoms with Crippen LogP contribution in [0.3, 0.4) is 0 Å². The van der Waals surface area contributed by atoms with E-state index in [1.165, 1.54) is 70.8 Å². The zero-order valence-corrected chi connectivity index (χ0v) is 55.1. The van der Waals surface area contributed by atoms with Crippen LogP contribution in [0, 0.1) is 0 Å². The Morgan fingerprint density at radius 1 is 0.176 bits per heavy atom. The summed E-state index contributed by atoms with van der Waals surface area (Å²) in [5, 5.41) is 14.0. The van der Waals surface area contributed by atoms with E-state index in [0.29, 0.717) is 0 Å². The molecule has 22 rings (SSSR count). The van der Waals surface area contributed by atoms with Crippen LogP contribution in [0.1, 0.15) is 0 Å². The summed E-state index contributed by atoms with van der Waals surface area (Å²) < 4.78 is 23.8. The maximum Gasteiger partial charge on any atom is 0.160 e. The van der Waals surface area contributed by atoms with Crippen molar-refractivity contribution in [3.8, 4) is 78.4 Å². The van der Waals surface area contributed by atoms with Gasteiger partial charge in [0.05, 0.1) is 55.5 Å². The van der Waals surface area contributed by atoms with Crippen molar-refractivity contribution in [2.45, 2.75) is 0 Å². The fourth-order valence-corrected chi connectivity index (χ4v) is 17.3. The van der Waals surface area contributed by atoms with E-state index in [1.54, 1.807) is 0 Å². The third kappa shape index (κ3) is 8.17. The number of furan rings is 2. The highest BCUT2D eigenvalue weighted by Gasteiger charge is 2.27. The van der Waals surface area contributed by atoms with Crippen LogP contribution in [0.2, 0.25) is 0 Å². The third-order valence-electron chi connectivity index (χ3n) is 21.6. The molecule has 0 unspecified atom stereocenters. The van der Waals surface area contributed by atoms with Crippen LogP contribution in [-0.4, -0.2) is 18.3 Å². The van der Waals surface area contributed by atoms with E-state index < -0.39 is 0 Å². The molecule has 0 saturated carbocycles. The van der Waals surface area contributed by atoms with Crippen molar-refractivity contribution >= 4 is 131 Å². The molecule has 0 spiro atoms. The Morgan fingerprint density at radius 3 is 1.12 bits per heavy atom. The molecule has 22 aromatic rings. The molecule has 0 atom stereocenters. The van der Waals surface area contributed by atoms with E-state index in [4.69, 9.17) is 8.83 Å². The minimum absolute atomic E-state index is 0.841. The zero-order valence-electron chi connectivity index (χ0n) is 55.1. The molecule has 0 bridgehead atoms. The summed E-state index contributed by atoms with van der Waals surface area (Å²) in [4.78, 5) is 0. The fraction of sp³-hybridized carbons (Fsp3) is 0. The number of nitrogens with zero attached hydrogens (tertiary/aromatic N) is 4. The molecule has 0 aliphatic rings. The van der Waals surface area contributed by atoms with Crippen LogP contribution in [0.25, 0.3) is 209 Å². The molecule has 0 aliphatic carbocycles. The summed E-state index contributed by atoms with van der Waals surface area (Å²) in [5.41, 5.74) is 28.3. The molecule has 16 aromatic carbocycles. The maximum absolute atomic E-state index is 7.18. The number of hydrogen-bond acceptors (Lipinski definition) is 2. The highest BCUT2D eigenvalue weighted by atomic mass is 16.3. The van der Waals surface area contributed by atoms with Crippen molar-refractivity contribution in [3.05, 3.63) is 352 Å². The molecular weight excluding hydrogens is 1240 g/mol. The summed E-state index contributed by atoms with van der Waals surface area (Å²) in [6.45, 7) is 0. The van der Waals surface area contributed by atoms with Gasteiger partial charge < -0.3 is 27.1 Å². The highest BCUT2D eigenvalue weighted by molar-refractivity contribution is 6.25. The van der Waals surface area contributed by atoms with Crippen LogP contribution in [0.15, 0.2) is 361 Å². The molecule has 0 N–H and O–H groups in total. The minimum atomic E-state index is 0.841. The van der Waals surface area contributed by atoms with Crippen molar-refractivity contribution in [3.63, 3.8) is 0 Å². The van der Waals surface area contributed by atoms with Crippen molar-refractivity contribution in [1.29, 1.82) is 0 Å². The minimum Gasteiger partial charge on any atom is -0.454 e. The van der Waals surface area contributed by atoms with Gasteiger partial charge in [-0.15, -0.1) is 0 Å². The highest BCUT2D eigenvalue weighted by Crippen LogP contribution is 2.50. The van der Waals surface area contributed by atoms with Gasteiger partial charge in [0, 0.05) is 76.0 Å². The SMILES string of the molecule is c1ccc(-c2ccc(-n3c4ccccc4c4c(-c5ccc6c(c5)c5ccc(-c7cccc(-c8ccc(-n9c%10ccccc%10c%10c(-c%11cccc%12c%11c%11ccccc%11n%12-c%11ccccc%11)cccc%109)c9oc%10ccccc%10c89)c7)cc5n6-c5ccccc5)cccc43)c3oc4ccccc4c23)cc1. The van der Waals surface area contributed by atoms with Gasteiger partial charge in [-0.3, -0.25) is 0 Å². The van der Waals surface area contributed by atoms with Gasteiger partial charge in [-0.1, -0.05) is 243 Å². The molecular formula is C96H58N4O2. The zero-order chi connectivity index (χ0) is 66.7. The lowest BCUT2D eigenvalue weighted by Crippen LogP contribution is -1.95. The molecule has 0 saturated heterocycles. The quantitative estimate of drug-likeness (QED) is 0.145. The smallest absolute Gasteiger partial charge is 0.160 e. The molecule has 6 nitrogen and oxygen atoms in total. The van der Waals surface area contributed by atoms with Crippen LogP contribution < -0.4 is 0 Å². The number of fused-ring (bicyclic) bond motifs is 18. The standard InChI is InChI=1S/C96H58N4O2/c1-4-24-59(25-5-1)67-51-54-85(95-93(67)75-35-13-18-46-88(75)101-95)99-79-41-16-11-33-73(79)90-66(37-21-44-83(90)99)63-49-53-81-77(57-63)69-50-48-61(58-87(69)98(81)65-30-8-3-9-31-65)60-26-20-27-62(56-60)68-52-55-86(96-94(68)76-36-14-19-47-89(76)102-96)100-80-42-17-12-34-74(80)92-71(39-23-45-84(92)100)70-38-22-43-82-91(70)72-32-10-15-40-78(72)97(82)64-28-6-2-7-29-64/h1-58H. The van der Waals surface area contributed by atoms with Crippen LogP contribution in [0.5, 0.6) is 0 Å². The topological polar surface area (TPSA) is 46.0 Å². The molecule has 6 heterocycles. The average Bonchev–Trinajstić information content (AvgIpc) is 1.56. The second-order valence-electron chi connectivity index (χ2n) is 26.9. The molecule has 0 amide bonds. The first kappa shape index (κ1) is 56.3. The van der Waals surface area contributed by atoms with Gasteiger partial charge in [0.25, 0.3) is 0 Å². The van der Waals surface area contributed by atoms with Gasteiger partial charge in [-0.2, -0.15) is 0 Å². The molecule has 0 fully saturated rings. The lowest BCUT2D eigenvalue weighted by molar-refractivity contribution is 0.666. The second kappa shape index (κ2) is 21.9. The normalized spacial score (nSPS) is 12.1. The summed E-state index contributed by atoms with van der Waals surface area (Å²) in [5.74, 6) is 0. The number of para-hydroxylation sites is 7. The second-order valence-corrected chi connectivity index (χ2v) is 26.9. The van der Waals surface area contributed by atoms with Crippen molar-refractivity contribution in [2.75, 3.05) is 0 Å². The van der Waals surface area contributed by atoms with Gasteiger partial charge in [-0.25, -0.2) is 0 Å². The Labute approximate surface area is 584 Å². The van der Waals surface area contributed by atoms with Gasteiger partial charge in [0.15, 0.2) is 11.2 Å². The monoisotopic (exact) mass is 1300 g/mol. The first-order valence-electron chi connectivity index (χ1n) is 35.0.